The van der Waals surface area contributed by atoms with Crippen molar-refractivity contribution < 1.29 is 4.74 Å². The Morgan fingerprint density at radius 3 is 2.92 bits per heavy atom. The highest BCUT2D eigenvalue weighted by atomic mass is 16.5. The van der Waals surface area contributed by atoms with Gasteiger partial charge in [-0.15, -0.1) is 0 Å². The molecule has 0 radical (unpaired) electrons. The van der Waals surface area contributed by atoms with Crippen LogP contribution in [0.4, 0.5) is 0 Å². The lowest BCUT2D eigenvalue weighted by atomic mass is 10.1. The van der Waals surface area contributed by atoms with E-state index in [4.69, 9.17) is 9.73 Å². The second-order valence-electron chi connectivity index (χ2n) is 6.81. The van der Waals surface area contributed by atoms with Crippen LogP contribution in [0, 0.1) is 12.8 Å². The highest BCUT2D eigenvalue weighted by Gasteiger charge is 2.19. The van der Waals surface area contributed by atoms with Crippen LogP contribution in [0.15, 0.2) is 41.5 Å². The first-order chi connectivity index (χ1) is 12.7. The van der Waals surface area contributed by atoms with Crippen molar-refractivity contribution in [2.75, 3.05) is 33.4 Å². The molecular formula is C20H29N5O. The Bertz CT molecular complexity index is 733. The van der Waals surface area contributed by atoms with Crippen LogP contribution in [0.25, 0.3) is 5.69 Å². The molecule has 1 aromatic heterocycles. The van der Waals surface area contributed by atoms with E-state index in [-0.39, 0.29) is 0 Å². The molecule has 0 spiro atoms. The molecule has 1 aliphatic heterocycles. The van der Waals surface area contributed by atoms with Crippen molar-refractivity contribution in [2.45, 2.75) is 26.8 Å². The monoisotopic (exact) mass is 355 g/mol. The molecule has 0 saturated carbocycles. The third-order valence-corrected chi connectivity index (χ3v) is 4.61. The molecule has 1 atom stereocenters. The van der Waals surface area contributed by atoms with Crippen LogP contribution in [-0.2, 0) is 11.3 Å². The summed E-state index contributed by atoms with van der Waals surface area (Å²) in [6, 6.07) is 10.3. The Kier molecular flexibility index (Phi) is 6.28. The maximum atomic E-state index is 5.50. The fourth-order valence-corrected chi connectivity index (χ4v) is 3.25. The second kappa shape index (κ2) is 8.85. The molecule has 0 aliphatic carbocycles. The number of ether oxygens (including phenoxy) is 1. The predicted molar refractivity (Wildman–Crippen MR) is 105 cm³/mol. The molecule has 1 unspecified atom stereocenters. The normalized spacial score (nSPS) is 17.5. The van der Waals surface area contributed by atoms with Gasteiger partial charge < -0.3 is 15.0 Å². The van der Waals surface area contributed by atoms with Crippen molar-refractivity contribution in [1.82, 2.24) is 20.0 Å². The Morgan fingerprint density at radius 1 is 1.38 bits per heavy atom. The standard InChI is InChI=1S/C20H29N5O/c1-4-21-20(24(3)14-17-10-12-26-15-17)22-13-18-7-5-6-8-19(18)25-11-9-16(2)23-25/h5-9,11,17H,4,10,12-15H2,1-3H3,(H,21,22). The Balaban J connectivity index is 1.75. The highest BCUT2D eigenvalue weighted by Crippen LogP contribution is 2.16. The number of aryl methyl sites for hydroxylation is 1. The number of rotatable bonds is 6. The molecule has 3 rings (SSSR count). The maximum absolute atomic E-state index is 5.50. The summed E-state index contributed by atoms with van der Waals surface area (Å²) in [7, 11) is 2.10. The van der Waals surface area contributed by atoms with E-state index in [1.807, 2.05) is 29.9 Å². The summed E-state index contributed by atoms with van der Waals surface area (Å²) in [5, 5.41) is 7.94. The fraction of sp³-hybridized carbons (Fsp3) is 0.500. The summed E-state index contributed by atoms with van der Waals surface area (Å²) in [5.41, 5.74) is 3.24. The molecule has 140 valence electrons. The van der Waals surface area contributed by atoms with E-state index in [0.29, 0.717) is 12.5 Å². The molecule has 1 saturated heterocycles. The van der Waals surface area contributed by atoms with Gasteiger partial charge in [-0.25, -0.2) is 9.67 Å². The van der Waals surface area contributed by atoms with Gasteiger partial charge in [-0.1, -0.05) is 18.2 Å². The molecule has 2 heterocycles. The van der Waals surface area contributed by atoms with Crippen LogP contribution in [-0.4, -0.2) is 54.0 Å². The lowest BCUT2D eigenvalue weighted by Crippen LogP contribution is -2.41. The number of benzene rings is 1. The van der Waals surface area contributed by atoms with Crippen LogP contribution in [0.1, 0.15) is 24.6 Å². The van der Waals surface area contributed by atoms with Crippen LogP contribution >= 0.6 is 0 Å². The van der Waals surface area contributed by atoms with E-state index in [0.717, 1.165) is 55.6 Å². The van der Waals surface area contributed by atoms with Gasteiger partial charge in [0.25, 0.3) is 0 Å². The second-order valence-corrected chi connectivity index (χ2v) is 6.81. The van der Waals surface area contributed by atoms with Gasteiger partial charge in [-0.2, -0.15) is 5.10 Å². The van der Waals surface area contributed by atoms with E-state index in [2.05, 4.69) is 47.5 Å². The molecular weight excluding hydrogens is 326 g/mol. The SMILES string of the molecule is CCNC(=NCc1ccccc1-n1ccc(C)n1)N(C)CC1CCOC1. The minimum Gasteiger partial charge on any atom is -0.381 e. The molecule has 1 N–H and O–H groups in total. The number of hydrogen-bond acceptors (Lipinski definition) is 3. The first kappa shape index (κ1) is 18.5. The third kappa shape index (κ3) is 4.64. The summed E-state index contributed by atoms with van der Waals surface area (Å²) in [5.74, 6) is 1.52. The van der Waals surface area contributed by atoms with Gasteiger partial charge in [0.2, 0.25) is 0 Å². The van der Waals surface area contributed by atoms with Gasteiger partial charge >= 0.3 is 0 Å². The number of nitrogens with zero attached hydrogens (tertiary/aromatic N) is 4. The van der Waals surface area contributed by atoms with E-state index in [9.17, 15) is 0 Å². The Labute approximate surface area is 155 Å². The molecule has 1 aliphatic rings. The number of aromatic nitrogens is 2. The van der Waals surface area contributed by atoms with Gasteiger partial charge in [0.1, 0.15) is 0 Å². The average Bonchev–Trinajstić information content (AvgIpc) is 3.30. The highest BCUT2D eigenvalue weighted by molar-refractivity contribution is 5.79. The summed E-state index contributed by atoms with van der Waals surface area (Å²) in [4.78, 5) is 7.08. The minimum absolute atomic E-state index is 0.586. The smallest absolute Gasteiger partial charge is 0.193 e. The molecule has 26 heavy (non-hydrogen) atoms. The lowest BCUT2D eigenvalue weighted by Gasteiger charge is -2.24. The molecule has 1 fully saturated rings. The van der Waals surface area contributed by atoms with Gasteiger partial charge in [0, 0.05) is 38.9 Å². The third-order valence-electron chi connectivity index (χ3n) is 4.61. The van der Waals surface area contributed by atoms with Crippen molar-refractivity contribution in [3.8, 4) is 5.69 Å². The summed E-state index contributed by atoms with van der Waals surface area (Å²) < 4.78 is 7.42. The molecule has 6 heteroatoms. The zero-order valence-electron chi connectivity index (χ0n) is 16.0. The molecule has 6 nitrogen and oxygen atoms in total. The number of guanidine groups is 1. The Morgan fingerprint density at radius 2 is 2.23 bits per heavy atom. The minimum atomic E-state index is 0.586. The first-order valence-electron chi connectivity index (χ1n) is 9.35. The molecule has 2 aromatic rings. The van der Waals surface area contributed by atoms with Crippen molar-refractivity contribution >= 4 is 5.96 Å². The number of nitrogens with one attached hydrogen (secondary N) is 1. The van der Waals surface area contributed by atoms with E-state index in [1.54, 1.807) is 0 Å². The topological polar surface area (TPSA) is 54.7 Å². The van der Waals surface area contributed by atoms with Gasteiger partial charge in [0.15, 0.2) is 5.96 Å². The van der Waals surface area contributed by atoms with E-state index in [1.165, 1.54) is 0 Å². The largest absolute Gasteiger partial charge is 0.381 e. The zero-order valence-corrected chi connectivity index (χ0v) is 16.0. The van der Waals surface area contributed by atoms with E-state index < -0.39 is 0 Å². The van der Waals surface area contributed by atoms with Crippen LogP contribution < -0.4 is 5.32 Å². The predicted octanol–water partition coefficient (Wildman–Crippen LogP) is 2.61. The number of hydrogen-bond donors (Lipinski definition) is 1. The maximum Gasteiger partial charge on any atom is 0.193 e. The van der Waals surface area contributed by atoms with Gasteiger partial charge in [-0.3, -0.25) is 0 Å². The van der Waals surface area contributed by atoms with Crippen LogP contribution in [0.2, 0.25) is 0 Å². The summed E-state index contributed by atoms with van der Waals surface area (Å²) in [6.45, 7) is 8.26. The summed E-state index contributed by atoms with van der Waals surface area (Å²) >= 11 is 0. The molecule has 1 aromatic carbocycles. The quantitative estimate of drug-likeness (QED) is 0.639. The molecule has 0 amide bonds. The van der Waals surface area contributed by atoms with Crippen molar-refractivity contribution in [3.05, 3.63) is 47.8 Å². The van der Waals surface area contributed by atoms with Crippen molar-refractivity contribution in [1.29, 1.82) is 0 Å². The van der Waals surface area contributed by atoms with Gasteiger partial charge in [-0.05, 0) is 38.0 Å². The van der Waals surface area contributed by atoms with Gasteiger partial charge in [0.05, 0.1) is 24.5 Å². The lowest BCUT2D eigenvalue weighted by molar-refractivity contribution is 0.181. The van der Waals surface area contributed by atoms with Crippen molar-refractivity contribution in [2.24, 2.45) is 10.9 Å². The first-order valence-corrected chi connectivity index (χ1v) is 9.35. The summed E-state index contributed by atoms with van der Waals surface area (Å²) in [6.07, 6.45) is 3.13. The molecule has 0 bridgehead atoms. The fourth-order valence-electron chi connectivity index (χ4n) is 3.25. The van der Waals surface area contributed by atoms with Crippen molar-refractivity contribution in [3.63, 3.8) is 0 Å². The Hall–Kier alpha value is -2.34. The zero-order chi connectivity index (χ0) is 18.4. The van der Waals surface area contributed by atoms with E-state index >= 15 is 0 Å². The van der Waals surface area contributed by atoms with Crippen LogP contribution in [0.5, 0.6) is 0 Å². The average molecular weight is 355 g/mol. The van der Waals surface area contributed by atoms with Crippen LogP contribution in [0.3, 0.4) is 0 Å². The number of aliphatic imine (C=N–C) groups is 1. The number of para-hydroxylation sites is 1.